The molecule has 0 saturated carbocycles. The van der Waals surface area contributed by atoms with Crippen LogP contribution in [0, 0.1) is 5.92 Å². The zero-order valence-corrected chi connectivity index (χ0v) is 20.3. The molecule has 0 spiro atoms. The van der Waals surface area contributed by atoms with Gasteiger partial charge in [0.2, 0.25) is 11.7 Å². The number of hydrogen-bond donors (Lipinski definition) is 1. The number of pyridine rings is 1. The summed E-state index contributed by atoms with van der Waals surface area (Å²) in [4.78, 5) is 28.6. The Bertz CT molecular complexity index is 1220. The van der Waals surface area contributed by atoms with Crippen LogP contribution in [0.1, 0.15) is 39.2 Å². The molecule has 4 rings (SSSR count). The molecule has 182 valence electrons. The van der Waals surface area contributed by atoms with Crippen LogP contribution in [0.3, 0.4) is 0 Å². The van der Waals surface area contributed by atoms with Crippen molar-refractivity contribution in [3.8, 4) is 5.82 Å². The van der Waals surface area contributed by atoms with E-state index in [1.54, 1.807) is 23.0 Å². The number of likely N-dealkylation sites (N-methyl/N-ethyl adjacent to an activating group) is 1. The zero-order chi connectivity index (χ0) is 24.8. The van der Waals surface area contributed by atoms with E-state index in [1.165, 1.54) is 6.92 Å². The maximum Gasteiger partial charge on any atom is 0.303 e. The van der Waals surface area contributed by atoms with E-state index >= 15 is 0 Å². The van der Waals surface area contributed by atoms with Crippen LogP contribution in [0.4, 0.5) is 20.4 Å². The van der Waals surface area contributed by atoms with Crippen molar-refractivity contribution in [1.29, 1.82) is 0 Å². The Labute approximate surface area is 197 Å². The number of hydrogen-bond acceptors (Lipinski definition) is 7. The lowest BCUT2D eigenvalue weighted by atomic mass is 10.1. The maximum atomic E-state index is 14.2. The van der Waals surface area contributed by atoms with Gasteiger partial charge in [-0.15, -0.1) is 5.10 Å². The minimum absolute atomic E-state index is 0.246. The second kappa shape index (κ2) is 8.86. The summed E-state index contributed by atoms with van der Waals surface area (Å²) >= 11 is 0. The van der Waals surface area contributed by atoms with Gasteiger partial charge < -0.3 is 15.1 Å². The highest BCUT2D eigenvalue weighted by Gasteiger charge is 2.34. The van der Waals surface area contributed by atoms with Gasteiger partial charge in [0.05, 0.1) is 10.9 Å². The van der Waals surface area contributed by atoms with Crippen molar-refractivity contribution in [2.45, 2.75) is 46.1 Å². The smallest absolute Gasteiger partial charge is 0.303 e. The largest absolute Gasteiger partial charge is 0.353 e. The van der Waals surface area contributed by atoms with Crippen LogP contribution in [-0.4, -0.2) is 68.8 Å². The molecule has 2 atom stereocenters. The molecule has 1 amide bonds. The van der Waals surface area contributed by atoms with E-state index in [0.717, 1.165) is 25.4 Å². The van der Waals surface area contributed by atoms with Gasteiger partial charge in [0.25, 0.3) is 0 Å². The summed E-state index contributed by atoms with van der Waals surface area (Å²) in [6.45, 7) is 7.80. The molecule has 1 aliphatic heterocycles. The van der Waals surface area contributed by atoms with Crippen LogP contribution in [0.5, 0.6) is 0 Å². The molecule has 34 heavy (non-hydrogen) atoms. The molecule has 1 aliphatic rings. The van der Waals surface area contributed by atoms with Gasteiger partial charge in [-0.1, -0.05) is 13.8 Å². The van der Waals surface area contributed by atoms with E-state index in [9.17, 15) is 13.6 Å². The molecule has 11 heteroatoms. The Morgan fingerprint density at radius 2 is 2.00 bits per heavy atom. The first-order chi connectivity index (χ1) is 16.0. The summed E-state index contributed by atoms with van der Waals surface area (Å²) in [5.41, 5.74) is 1.10. The highest BCUT2D eigenvalue weighted by atomic mass is 19.3. The Balaban J connectivity index is 1.90. The van der Waals surface area contributed by atoms with E-state index < -0.39 is 11.7 Å². The number of nitrogens with one attached hydrogen (secondary N) is 1. The highest BCUT2D eigenvalue weighted by molar-refractivity contribution is 5.95. The Hall–Kier alpha value is -3.21. The molecule has 1 fully saturated rings. The molecule has 9 nitrogen and oxygen atoms in total. The van der Waals surface area contributed by atoms with Gasteiger partial charge in [-0.25, -0.2) is 19.6 Å². The van der Waals surface area contributed by atoms with Crippen molar-refractivity contribution in [3.05, 3.63) is 29.8 Å². The van der Waals surface area contributed by atoms with Gasteiger partial charge in [-0.3, -0.25) is 4.79 Å². The number of alkyl halides is 2. The third-order valence-corrected chi connectivity index (χ3v) is 6.12. The van der Waals surface area contributed by atoms with Crippen molar-refractivity contribution in [2.75, 3.05) is 37.4 Å². The van der Waals surface area contributed by atoms with Crippen LogP contribution in [-0.2, 0) is 17.1 Å². The number of halogens is 2. The van der Waals surface area contributed by atoms with Gasteiger partial charge in [0.15, 0.2) is 11.6 Å². The normalized spacial score (nSPS) is 18.8. The summed E-state index contributed by atoms with van der Waals surface area (Å²) in [5, 5.41) is 8.25. The lowest BCUT2D eigenvalue weighted by molar-refractivity contribution is -0.114. The molecule has 3 aromatic rings. The summed E-state index contributed by atoms with van der Waals surface area (Å²) in [5.74, 6) is -2.30. The lowest BCUT2D eigenvalue weighted by Gasteiger charge is -2.22. The molecule has 0 aliphatic carbocycles. The van der Waals surface area contributed by atoms with Gasteiger partial charge in [-0.05, 0) is 26.4 Å². The first-order valence-corrected chi connectivity index (χ1v) is 11.3. The number of rotatable bonds is 6. The number of fused-ring (bicyclic) bond motifs is 1. The fraction of sp³-hybridized carbons (Fsp3) is 0.522. The van der Waals surface area contributed by atoms with E-state index in [2.05, 4.69) is 51.1 Å². The summed E-state index contributed by atoms with van der Waals surface area (Å²) < 4.78 is 29.9. The Morgan fingerprint density at radius 3 is 2.59 bits per heavy atom. The number of nitrogens with zero attached hydrogens (tertiary/aromatic N) is 7. The minimum Gasteiger partial charge on any atom is -0.353 e. The molecule has 1 unspecified atom stereocenters. The molecular weight excluding hydrogens is 442 g/mol. The number of aryl methyl sites for hydroxylation is 1. The van der Waals surface area contributed by atoms with Crippen molar-refractivity contribution in [1.82, 2.24) is 29.6 Å². The molecule has 0 radical (unpaired) electrons. The quantitative estimate of drug-likeness (QED) is 0.589. The minimum atomic E-state index is -3.20. The van der Waals surface area contributed by atoms with E-state index in [1.807, 2.05) is 6.92 Å². The number of aromatic nitrogens is 5. The van der Waals surface area contributed by atoms with E-state index in [4.69, 9.17) is 5.10 Å². The summed E-state index contributed by atoms with van der Waals surface area (Å²) in [7, 11) is 4.12. The molecule has 4 heterocycles. The average molecular weight is 473 g/mol. The van der Waals surface area contributed by atoms with Gasteiger partial charge in [0.1, 0.15) is 5.82 Å². The predicted octanol–water partition coefficient (Wildman–Crippen LogP) is 3.23. The standard InChI is InChI=1S/C23H30F2N8O/c1-7-15-8-20(29-22(28-15)23(4,24)25)33-17-9-19(27-14(3)34)26-10-16(17)21(30-33)32-11-13(2)18(12-32)31(5)6/h8-10,13,18H,7,11-12H2,1-6H3,(H,26,27,34)/t13-,18?/m0/s1. The molecular formula is C23H30F2N8O. The van der Waals surface area contributed by atoms with Gasteiger partial charge >= 0.3 is 5.92 Å². The molecule has 0 bridgehead atoms. The van der Waals surface area contributed by atoms with Crippen LogP contribution in [0.2, 0.25) is 0 Å². The van der Waals surface area contributed by atoms with Crippen LogP contribution in [0.25, 0.3) is 16.7 Å². The fourth-order valence-corrected chi connectivity index (χ4v) is 4.42. The van der Waals surface area contributed by atoms with Crippen molar-refractivity contribution >= 4 is 28.4 Å². The molecule has 3 aromatic heterocycles. The first kappa shape index (κ1) is 23.9. The number of anilines is 2. The summed E-state index contributed by atoms with van der Waals surface area (Å²) in [6.07, 6.45) is 2.13. The number of carbonyl (C=O) groups is 1. The SMILES string of the molecule is CCc1cc(-n2nc(N3CC(N(C)C)[C@@H](C)C3)c3cnc(NC(C)=O)cc32)nc(C(C)(F)F)n1. The maximum absolute atomic E-state index is 14.2. The Morgan fingerprint density at radius 1 is 1.26 bits per heavy atom. The second-order valence-electron chi connectivity index (χ2n) is 9.20. The lowest BCUT2D eigenvalue weighted by Crippen LogP contribution is -2.34. The third kappa shape index (κ3) is 4.56. The highest BCUT2D eigenvalue weighted by Crippen LogP contribution is 2.34. The van der Waals surface area contributed by atoms with Crippen LogP contribution in [0.15, 0.2) is 18.3 Å². The zero-order valence-electron chi connectivity index (χ0n) is 20.3. The fourth-order valence-electron chi connectivity index (χ4n) is 4.42. The van der Waals surface area contributed by atoms with Gasteiger partial charge in [-0.2, -0.15) is 8.78 Å². The number of amides is 1. The topological polar surface area (TPSA) is 92.1 Å². The van der Waals surface area contributed by atoms with Crippen molar-refractivity contribution < 1.29 is 13.6 Å². The molecule has 1 N–H and O–H groups in total. The van der Waals surface area contributed by atoms with Gasteiger partial charge in [0, 0.05) is 57.0 Å². The average Bonchev–Trinajstić information content (AvgIpc) is 3.32. The third-order valence-electron chi connectivity index (χ3n) is 6.12. The van der Waals surface area contributed by atoms with E-state index in [0.29, 0.717) is 41.2 Å². The number of carbonyl (C=O) groups excluding carboxylic acids is 1. The monoisotopic (exact) mass is 472 g/mol. The molecule has 0 aromatic carbocycles. The summed E-state index contributed by atoms with van der Waals surface area (Å²) in [6, 6.07) is 3.70. The Kier molecular flexibility index (Phi) is 6.24. The van der Waals surface area contributed by atoms with Crippen molar-refractivity contribution in [2.24, 2.45) is 5.92 Å². The van der Waals surface area contributed by atoms with Crippen LogP contribution >= 0.6 is 0 Å². The van der Waals surface area contributed by atoms with E-state index in [-0.39, 0.29) is 11.7 Å². The van der Waals surface area contributed by atoms with Crippen molar-refractivity contribution in [3.63, 3.8) is 0 Å². The molecule has 1 saturated heterocycles. The van der Waals surface area contributed by atoms with Crippen LogP contribution < -0.4 is 10.2 Å². The first-order valence-electron chi connectivity index (χ1n) is 11.3. The predicted molar refractivity (Wildman–Crippen MR) is 127 cm³/mol. The second-order valence-corrected chi connectivity index (χ2v) is 9.20.